The molecule has 1 aliphatic heterocycles. The molecule has 7 nitrogen and oxygen atoms in total. The van der Waals surface area contributed by atoms with Crippen LogP contribution in [0.5, 0.6) is 5.75 Å². The molecule has 1 aliphatic rings. The SMILES string of the molecule is COc1ccc(C(CCO)NC(=O)CN2CCC(c3ccccc3)NC2=O)cc1. The molecule has 2 unspecified atom stereocenters. The molecule has 3 N–H and O–H groups in total. The molecule has 3 amide bonds. The van der Waals surface area contributed by atoms with E-state index < -0.39 is 0 Å². The summed E-state index contributed by atoms with van der Waals surface area (Å²) < 4.78 is 5.16. The summed E-state index contributed by atoms with van der Waals surface area (Å²) in [5.74, 6) is 0.466. The van der Waals surface area contributed by atoms with Gasteiger partial charge in [-0.1, -0.05) is 42.5 Å². The lowest BCUT2D eigenvalue weighted by Crippen LogP contribution is -2.51. The summed E-state index contributed by atoms with van der Waals surface area (Å²) in [6.45, 7) is 0.428. The van der Waals surface area contributed by atoms with E-state index in [1.54, 1.807) is 7.11 Å². The number of hydrogen-bond acceptors (Lipinski definition) is 4. The second-order valence-corrected chi connectivity index (χ2v) is 7.03. The van der Waals surface area contributed by atoms with Crippen molar-refractivity contribution in [3.63, 3.8) is 0 Å². The van der Waals surface area contributed by atoms with Gasteiger partial charge in [0.05, 0.1) is 19.2 Å². The smallest absolute Gasteiger partial charge is 0.318 e. The van der Waals surface area contributed by atoms with Gasteiger partial charge in [0.15, 0.2) is 0 Å². The number of amides is 3. The van der Waals surface area contributed by atoms with Gasteiger partial charge in [-0.25, -0.2) is 4.79 Å². The fraction of sp³-hybridized carbons (Fsp3) is 0.364. The third kappa shape index (κ3) is 5.48. The molecule has 154 valence electrons. The minimum atomic E-state index is -0.330. The lowest BCUT2D eigenvalue weighted by Gasteiger charge is -2.33. The van der Waals surface area contributed by atoms with Crippen LogP contribution in [0.2, 0.25) is 0 Å². The Labute approximate surface area is 170 Å². The lowest BCUT2D eigenvalue weighted by molar-refractivity contribution is -0.122. The first kappa shape index (κ1) is 20.7. The van der Waals surface area contributed by atoms with E-state index in [1.165, 1.54) is 4.90 Å². The molecule has 2 aromatic rings. The van der Waals surface area contributed by atoms with E-state index in [0.29, 0.717) is 13.0 Å². The first-order valence-electron chi connectivity index (χ1n) is 9.75. The largest absolute Gasteiger partial charge is 0.497 e. The standard InChI is InChI=1S/C22H27N3O4/c1-29-18-9-7-17(8-10-18)20(12-14-26)23-21(27)15-25-13-11-19(24-22(25)28)16-5-3-2-4-6-16/h2-10,19-20,26H,11-15H2,1H3,(H,23,27)(H,24,28). The van der Waals surface area contributed by atoms with Crippen LogP contribution in [0.1, 0.15) is 36.1 Å². The number of methoxy groups -OCH3 is 1. The van der Waals surface area contributed by atoms with Crippen molar-refractivity contribution < 1.29 is 19.4 Å². The van der Waals surface area contributed by atoms with Crippen LogP contribution in [0.3, 0.4) is 0 Å². The quantitative estimate of drug-likeness (QED) is 0.638. The highest BCUT2D eigenvalue weighted by Crippen LogP contribution is 2.22. The third-order valence-corrected chi connectivity index (χ3v) is 5.08. The normalized spacial score (nSPS) is 17.4. The lowest BCUT2D eigenvalue weighted by atomic mass is 10.0. The van der Waals surface area contributed by atoms with Gasteiger partial charge in [-0.2, -0.15) is 0 Å². The van der Waals surface area contributed by atoms with Gasteiger partial charge in [-0.15, -0.1) is 0 Å². The number of hydrogen-bond donors (Lipinski definition) is 3. The van der Waals surface area contributed by atoms with E-state index >= 15 is 0 Å². The second-order valence-electron chi connectivity index (χ2n) is 7.03. The molecule has 0 aromatic heterocycles. The maximum Gasteiger partial charge on any atom is 0.318 e. The Morgan fingerprint density at radius 1 is 1.24 bits per heavy atom. The zero-order valence-corrected chi connectivity index (χ0v) is 16.5. The molecule has 0 bridgehead atoms. The van der Waals surface area contributed by atoms with Gasteiger partial charge in [0, 0.05) is 13.2 Å². The Bertz CT molecular complexity index is 811. The number of ether oxygens (including phenoxy) is 1. The molecule has 7 heteroatoms. The summed E-state index contributed by atoms with van der Waals surface area (Å²) in [6, 6.07) is 16.5. The van der Waals surface area contributed by atoms with Gasteiger partial charge in [0.25, 0.3) is 0 Å². The van der Waals surface area contributed by atoms with Gasteiger partial charge >= 0.3 is 6.03 Å². The van der Waals surface area contributed by atoms with Crippen molar-refractivity contribution in [1.82, 2.24) is 15.5 Å². The van der Waals surface area contributed by atoms with Crippen molar-refractivity contribution >= 4 is 11.9 Å². The van der Waals surface area contributed by atoms with Gasteiger partial charge in [-0.05, 0) is 36.1 Å². The maximum atomic E-state index is 12.6. The van der Waals surface area contributed by atoms with Gasteiger partial charge < -0.3 is 25.4 Å². The summed E-state index contributed by atoms with van der Waals surface area (Å²) in [6.07, 6.45) is 1.13. The van der Waals surface area contributed by atoms with Crippen molar-refractivity contribution in [3.05, 3.63) is 65.7 Å². The predicted molar refractivity (Wildman–Crippen MR) is 109 cm³/mol. The first-order valence-corrected chi connectivity index (χ1v) is 9.75. The Morgan fingerprint density at radius 2 is 1.97 bits per heavy atom. The fourth-order valence-corrected chi connectivity index (χ4v) is 3.49. The van der Waals surface area contributed by atoms with Crippen molar-refractivity contribution in [1.29, 1.82) is 0 Å². The summed E-state index contributed by atoms with van der Waals surface area (Å²) in [5, 5.41) is 15.2. The molecule has 0 aliphatic carbocycles. The van der Waals surface area contributed by atoms with Crippen LogP contribution in [0, 0.1) is 0 Å². The van der Waals surface area contributed by atoms with Crippen LogP contribution in [0.4, 0.5) is 4.79 Å². The molecule has 1 fully saturated rings. The minimum Gasteiger partial charge on any atom is -0.497 e. The highest BCUT2D eigenvalue weighted by atomic mass is 16.5. The summed E-state index contributed by atoms with van der Waals surface area (Å²) in [4.78, 5) is 26.5. The summed E-state index contributed by atoms with van der Waals surface area (Å²) >= 11 is 0. The van der Waals surface area contributed by atoms with Crippen LogP contribution >= 0.6 is 0 Å². The molecule has 2 aromatic carbocycles. The number of carbonyl (C=O) groups is 2. The summed E-state index contributed by atoms with van der Waals surface area (Å²) in [5.41, 5.74) is 1.94. The Hall–Kier alpha value is -3.06. The van der Waals surface area contributed by atoms with Crippen LogP contribution in [0.15, 0.2) is 54.6 Å². The van der Waals surface area contributed by atoms with E-state index in [4.69, 9.17) is 4.74 Å². The molecule has 0 radical (unpaired) electrons. The number of nitrogens with one attached hydrogen (secondary N) is 2. The number of aliphatic hydroxyl groups is 1. The van der Waals surface area contributed by atoms with E-state index in [-0.39, 0.29) is 37.2 Å². The number of nitrogens with zero attached hydrogens (tertiary/aromatic N) is 1. The van der Waals surface area contributed by atoms with Crippen molar-refractivity contribution in [3.8, 4) is 5.75 Å². The zero-order chi connectivity index (χ0) is 20.6. The average Bonchev–Trinajstić information content (AvgIpc) is 2.75. The van der Waals surface area contributed by atoms with Crippen LogP contribution in [0.25, 0.3) is 0 Å². The number of aliphatic hydroxyl groups excluding tert-OH is 1. The van der Waals surface area contributed by atoms with Crippen molar-refractivity contribution in [2.45, 2.75) is 24.9 Å². The summed E-state index contributed by atoms with van der Waals surface area (Å²) in [7, 11) is 1.59. The van der Waals surface area contributed by atoms with E-state index in [9.17, 15) is 14.7 Å². The molecule has 29 heavy (non-hydrogen) atoms. The number of carbonyl (C=O) groups excluding carboxylic acids is 2. The van der Waals surface area contributed by atoms with Crippen molar-refractivity contribution in [2.24, 2.45) is 0 Å². The third-order valence-electron chi connectivity index (χ3n) is 5.08. The van der Waals surface area contributed by atoms with Gasteiger partial charge in [-0.3, -0.25) is 4.79 Å². The van der Waals surface area contributed by atoms with Crippen molar-refractivity contribution in [2.75, 3.05) is 26.8 Å². The van der Waals surface area contributed by atoms with Crippen LogP contribution in [-0.2, 0) is 4.79 Å². The molecule has 1 saturated heterocycles. The van der Waals surface area contributed by atoms with E-state index in [1.807, 2.05) is 54.6 Å². The van der Waals surface area contributed by atoms with Crippen LogP contribution < -0.4 is 15.4 Å². The first-order chi connectivity index (χ1) is 14.1. The number of urea groups is 1. The molecule has 3 rings (SSSR count). The molecule has 0 spiro atoms. The predicted octanol–water partition coefficient (Wildman–Crippen LogP) is 2.39. The Balaban J connectivity index is 1.56. The highest BCUT2D eigenvalue weighted by Gasteiger charge is 2.27. The number of benzene rings is 2. The molecular formula is C22H27N3O4. The van der Waals surface area contributed by atoms with Crippen LogP contribution in [-0.4, -0.2) is 48.8 Å². The topological polar surface area (TPSA) is 90.9 Å². The molecular weight excluding hydrogens is 370 g/mol. The van der Waals surface area contributed by atoms with E-state index in [2.05, 4.69) is 10.6 Å². The molecule has 0 saturated carbocycles. The fourth-order valence-electron chi connectivity index (χ4n) is 3.49. The molecule has 1 heterocycles. The second kappa shape index (κ2) is 9.93. The zero-order valence-electron chi connectivity index (χ0n) is 16.5. The van der Waals surface area contributed by atoms with E-state index in [0.717, 1.165) is 23.3 Å². The monoisotopic (exact) mass is 397 g/mol. The van der Waals surface area contributed by atoms with Gasteiger partial charge in [0.1, 0.15) is 12.3 Å². The minimum absolute atomic E-state index is 0.0224. The Kier molecular flexibility index (Phi) is 7.08. The van der Waals surface area contributed by atoms with Gasteiger partial charge in [0.2, 0.25) is 5.91 Å². The molecule has 2 atom stereocenters. The highest BCUT2D eigenvalue weighted by molar-refractivity contribution is 5.84. The maximum absolute atomic E-state index is 12.6. The Morgan fingerprint density at radius 3 is 2.59 bits per heavy atom. The average molecular weight is 397 g/mol. The number of rotatable bonds is 8.